The van der Waals surface area contributed by atoms with Gasteiger partial charge in [-0.15, -0.1) is 0 Å². The highest BCUT2D eigenvalue weighted by atomic mass is 79.9. The average Bonchev–Trinajstić information content (AvgIpc) is 3.22. The van der Waals surface area contributed by atoms with E-state index >= 15 is 0 Å². The summed E-state index contributed by atoms with van der Waals surface area (Å²) < 4.78 is 2.83. The van der Waals surface area contributed by atoms with Crippen molar-refractivity contribution in [1.29, 1.82) is 0 Å². The summed E-state index contributed by atoms with van der Waals surface area (Å²) in [7, 11) is 1.73. The smallest absolute Gasteiger partial charge is 0.272 e. The van der Waals surface area contributed by atoms with E-state index in [4.69, 9.17) is 22.3 Å². The number of halogens is 2. The van der Waals surface area contributed by atoms with Gasteiger partial charge in [0.1, 0.15) is 0 Å². The number of anilines is 2. The molecule has 1 atom stereocenters. The van der Waals surface area contributed by atoms with E-state index in [0.29, 0.717) is 41.1 Å². The maximum Gasteiger partial charge on any atom is 0.272 e. The molecule has 1 aliphatic rings. The summed E-state index contributed by atoms with van der Waals surface area (Å²) in [4.78, 5) is 33.0. The Labute approximate surface area is 218 Å². The van der Waals surface area contributed by atoms with Crippen LogP contribution in [0.5, 0.6) is 0 Å². The second-order valence-electron chi connectivity index (χ2n) is 8.50. The zero-order valence-electron chi connectivity index (χ0n) is 19.4. The number of piperidine rings is 1. The predicted octanol–water partition coefficient (Wildman–Crippen LogP) is 3.93. The molecule has 4 rings (SSSR count). The van der Waals surface area contributed by atoms with Gasteiger partial charge in [-0.05, 0) is 48.7 Å². The molecule has 0 spiro atoms. The minimum atomic E-state index is -0.385. The number of rotatable bonds is 8. The molecule has 10 heteroatoms. The molecule has 1 saturated heterocycles. The lowest BCUT2D eigenvalue weighted by Crippen LogP contribution is -2.44. The molecule has 184 valence electrons. The first-order chi connectivity index (χ1) is 16.9. The van der Waals surface area contributed by atoms with Gasteiger partial charge in [-0.3, -0.25) is 14.2 Å². The summed E-state index contributed by atoms with van der Waals surface area (Å²) in [6, 6.07) is 14.5. The van der Waals surface area contributed by atoms with Crippen molar-refractivity contribution in [3.8, 4) is 0 Å². The number of ketones is 1. The average molecular weight is 560 g/mol. The molecular weight excluding hydrogens is 532 g/mol. The Hall–Kier alpha value is -2.88. The van der Waals surface area contributed by atoms with Gasteiger partial charge in [-0.1, -0.05) is 45.7 Å². The van der Waals surface area contributed by atoms with Gasteiger partial charge in [0, 0.05) is 41.2 Å². The van der Waals surface area contributed by atoms with Crippen LogP contribution in [0, 0.1) is 0 Å². The van der Waals surface area contributed by atoms with Crippen molar-refractivity contribution in [3.63, 3.8) is 0 Å². The molecule has 1 unspecified atom stereocenters. The Morgan fingerprint density at radius 3 is 2.63 bits per heavy atom. The molecule has 2 aromatic carbocycles. The number of nitrogens with one attached hydrogen (secondary N) is 2. The van der Waals surface area contributed by atoms with Crippen LogP contribution >= 0.6 is 27.5 Å². The van der Waals surface area contributed by atoms with E-state index in [9.17, 15) is 9.59 Å². The molecule has 1 aliphatic heterocycles. The molecule has 35 heavy (non-hydrogen) atoms. The van der Waals surface area contributed by atoms with Gasteiger partial charge in [0.25, 0.3) is 5.91 Å². The maximum atomic E-state index is 13.4. The number of hydrogen-bond donors (Lipinski definition) is 3. The predicted molar refractivity (Wildman–Crippen MR) is 143 cm³/mol. The first-order valence-corrected chi connectivity index (χ1v) is 12.6. The first kappa shape index (κ1) is 25.2. The highest BCUT2D eigenvalue weighted by Crippen LogP contribution is 2.29. The number of Topliss-reactive ketones (excluding diaryl/α,β-unsaturated/α-hetero) is 1. The lowest BCUT2D eigenvalue weighted by atomic mass is 10.1. The van der Waals surface area contributed by atoms with Crippen molar-refractivity contribution in [3.05, 3.63) is 74.8 Å². The number of nitrogens with two attached hydrogens (primary N) is 1. The maximum absolute atomic E-state index is 13.4. The Kier molecular flexibility index (Phi) is 8.10. The Morgan fingerprint density at radius 1 is 1.20 bits per heavy atom. The van der Waals surface area contributed by atoms with Gasteiger partial charge in [0.05, 0.1) is 13.1 Å². The molecule has 1 fully saturated rings. The third-order valence-electron chi connectivity index (χ3n) is 6.00. The fourth-order valence-corrected chi connectivity index (χ4v) is 4.74. The summed E-state index contributed by atoms with van der Waals surface area (Å²) >= 11 is 9.53. The molecule has 2 heterocycles. The number of carbonyl (C=O) groups is 2. The van der Waals surface area contributed by atoms with E-state index < -0.39 is 0 Å². The molecule has 0 radical (unpaired) electrons. The number of nitrogens with zero attached hydrogens (tertiary/aromatic N) is 3. The fourth-order valence-electron chi connectivity index (χ4n) is 4.21. The van der Waals surface area contributed by atoms with Crippen LogP contribution in [0.4, 0.5) is 11.8 Å². The van der Waals surface area contributed by atoms with Crippen molar-refractivity contribution in [2.45, 2.75) is 25.4 Å². The van der Waals surface area contributed by atoms with E-state index in [2.05, 4.69) is 31.5 Å². The van der Waals surface area contributed by atoms with Crippen molar-refractivity contribution >= 4 is 51.0 Å². The summed E-state index contributed by atoms with van der Waals surface area (Å²) in [6.07, 6.45) is 1.91. The first-order valence-electron chi connectivity index (χ1n) is 11.5. The van der Waals surface area contributed by atoms with Gasteiger partial charge in [0.15, 0.2) is 17.3 Å². The van der Waals surface area contributed by atoms with Crippen LogP contribution in [0.3, 0.4) is 0 Å². The zero-order valence-corrected chi connectivity index (χ0v) is 21.8. The van der Waals surface area contributed by atoms with Crippen LogP contribution in [-0.2, 0) is 6.54 Å². The van der Waals surface area contributed by atoms with Crippen LogP contribution in [-0.4, -0.2) is 54.0 Å². The van der Waals surface area contributed by atoms with Crippen LogP contribution < -0.4 is 21.3 Å². The highest BCUT2D eigenvalue weighted by molar-refractivity contribution is 9.10. The monoisotopic (exact) mass is 558 g/mol. The number of carbonyl (C=O) groups excluding carboxylic acids is 2. The number of hydrogen-bond acceptors (Lipinski definition) is 6. The summed E-state index contributed by atoms with van der Waals surface area (Å²) in [6.45, 7) is 1.74. The van der Waals surface area contributed by atoms with Gasteiger partial charge in [-0.25, -0.2) is 0 Å². The Morgan fingerprint density at radius 2 is 1.94 bits per heavy atom. The normalized spacial score (nSPS) is 15.7. The van der Waals surface area contributed by atoms with E-state index in [-0.39, 0.29) is 24.3 Å². The van der Waals surface area contributed by atoms with E-state index in [1.807, 2.05) is 28.8 Å². The molecule has 0 aliphatic carbocycles. The number of imidazole rings is 1. The lowest BCUT2D eigenvalue weighted by Gasteiger charge is -2.32. The zero-order chi connectivity index (χ0) is 24.9. The van der Waals surface area contributed by atoms with E-state index in [0.717, 1.165) is 29.4 Å². The third kappa shape index (κ3) is 5.86. The molecular formula is C25H28BrClN6O2. The topological polar surface area (TPSA) is 105 Å². The molecule has 4 N–H and O–H groups in total. The van der Waals surface area contributed by atoms with Crippen molar-refractivity contribution < 1.29 is 9.59 Å². The minimum Gasteiger partial charge on any atom is -0.371 e. The van der Waals surface area contributed by atoms with Crippen LogP contribution in [0.25, 0.3) is 0 Å². The second kappa shape index (κ2) is 11.2. The number of aromatic nitrogens is 2. The minimum absolute atomic E-state index is 0.0460. The third-order valence-corrected chi connectivity index (χ3v) is 7.03. The molecule has 8 nitrogen and oxygen atoms in total. The van der Waals surface area contributed by atoms with Crippen molar-refractivity contribution in [2.75, 3.05) is 36.9 Å². The fraction of sp³-hybridized carbons (Fsp3) is 0.320. The van der Waals surface area contributed by atoms with Crippen LogP contribution in [0.1, 0.15) is 39.3 Å². The summed E-state index contributed by atoms with van der Waals surface area (Å²) in [5.74, 6) is 0.529. The largest absolute Gasteiger partial charge is 0.371 e. The van der Waals surface area contributed by atoms with E-state index in [1.54, 1.807) is 31.3 Å². The Bertz CT molecular complexity index is 1210. The molecule has 1 amide bonds. The summed E-state index contributed by atoms with van der Waals surface area (Å²) in [5.41, 5.74) is 8.09. The van der Waals surface area contributed by atoms with Gasteiger partial charge in [0.2, 0.25) is 5.95 Å². The standard InChI is InChI=1S/C25H28BrClN6O2/c1-29-23-22(24(35)30-13-21(34)16-8-10-18(27)11-9-16)33(14-17-5-2-3-7-20(17)26)25(31-23)32-12-4-6-19(28)15-32/h2-3,5,7-11,19,29H,4,6,12-15,28H2,1H3,(H,30,35). The molecule has 3 aromatic rings. The van der Waals surface area contributed by atoms with Gasteiger partial charge >= 0.3 is 0 Å². The van der Waals surface area contributed by atoms with E-state index in [1.165, 1.54) is 0 Å². The van der Waals surface area contributed by atoms with Crippen LogP contribution in [0.15, 0.2) is 53.0 Å². The number of benzene rings is 2. The Balaban J connectivity index is 1.66. The van der Waals surface area contributed by atoms with Crippen molar-refractivity contribution in [1.82, 2.24) is 14.9 Å². The quantitative estimate of drug-likeness (QED) is 0.361. The molecule has 0 saturated carbocycles. The SMILES string of the molecule is CNc1nc(N2CCCC(N)C2)n(Cc2ccccc2Br)c1C(=O)NCC(=O)c1ccc(Cl)cc1. The number of amides is 1. The molecule has 0 bridgehead atoms. The summed E-state index contributed by atoms with van der Waals surface area (Å²) in [5, 5.41) is 6.37. The van der Waals surface area contributed by atoms with Crippen molar-refractivity contribution in [2.24, 2.45) is 5.73 Å². The lowest BCUT2D eigenvalue weighted by molar-refractivity contribution is 0.0899. The molecule has 1 aromatic heterocycles. The van der Waals surface area contributed by atoms with Gasteiger partial charge < -0.3 is 21.3 Å². The highest BCUT2D eigenvalue weighted by Gasteiger charge is 2.28. The second-order valence-corrected chi connectivity index (χ2v) is 9.79. The van der Waals surface area contributed by atoms with Gasteiger partial charge in [-0.2, -0.15) is 4.98 Å². The van der Waals surface area contributed by atoms with Crippen LogP contribution in [0.2, 0.25) is 5.02 Å².